The highest BCUT2D eigenvalue weighted by Crippen LogP contribution is 2.43. The number of rotatable bonds is 6. The average Bonchev–Trinajstić information content (AvgIpc) is 2.80. The minimum Gasteiger partial charge on any atom is -0.478 e. The first-order chi connectivity index (χ1) is 15.0. The SMILES string of the molecule is O=C(O)c1ccc(Oc2ccc(C(=O)O)c(-c3ccccc3)c2-c2ccccc2)cc1. The molecule has 0 saturated heterocycles. The Balaban J connectivity index is 1.93. The molecule has 5 heteroatoms. The second-order valence-electron chi connectivity index (χ2n) is 6.83. The van der Waals surface area contributed by atoms with E-state index in [1.807, 2.05) is 60.7 Å². The lowest BCUT2D eigenvalue weighted by molar-refractivity contribution is 0.0686. The summed E-state index contributed by atoms with van der Waals surface area (Å²) in [6.45, 7) is 0. The number of hydrogen-bond donors (Lipinski definition) is 2. The van der Waals surface area contributed by atoms with E-state index in [9.17, 15) is 14.7 Å². The second kappa shape index (κ2) is 8.55. The van der Waals surface area contributed by atoms with Gasteiger partial charge in [-0.15, -0.1) is 0 Å². The molecule has 4 rings (SSSR count). The van der Waals surface area contributed by atoms with Gasteiger partial charge in [-0.1, -0.05) is 60.7 Å². The summed E-state index contributed by atoms with van der Waals surface area (Å²) < 4.78 is 6.11. The van der Waals surface area contributed by atoms with E-state index in [1.54, 1.807) is 18.2 Å². The Morgan fingerprint density at radius 1 is 0.581 bits per heavy atom. The second-order valence-corrected chi connectivity index (χ2v) is 6.83. The zero-order valence-corrected chi connectivity index (χ0v) is 16.4. The Kier molecular flexibility index (Phi) is 5.49. The Labute approximate surface area is 178 Å². The molecule has 0 aliphatic rings. The summed E-state index contributed by atoms with van der Waals surface area (Å²) in [6, 6.07) is 28.0. The minimum atomic E-state index is -1.03. The first-order valence-corrected chi connectivity index (χ1v) is 9.57. The standard InChI is InChI=1S/C26H18O5/c27-25(28)19-11-13-20(14-12-19)31-22-16-15-21(26(29)30)23(17-7-3-1-4-8-17)24(22)18-9-5-2-6-10-18/h1-16H,(H,27,28)(H,29,30). The van der Waals surface area contributed by atoms with Crippen molar-refractivity contribution in [1.29, 1.82) is 0 Å². The van der Waals surface area contributed by atoms with Crippen LogP contribution in [0.1, 0.15) is 20.7 Å². The third kappa shape index (κ3) is 4.16. The summed E-state index contributed by atoms with van der Waals surface area (Å²) in [5, 5.41) is 19.0. The first kappa shape index (κ1) is 19.9. The number of aromatic carboxylic acids is 2. The van der Waals surface area contributed by atoms with Gasteiger partial charge in [0.2, 0.25) is 0 Å². The third-order valence-electron chi connectivity index (χ3n) is 4.85. The molecule has 4 aromatic carbocycles. The molecule has 0 aliphatic heterocycles. The lowest BCUT2D eigenvalue weighted by atomic mass is 9.89. The molecule has 31 heavy (non-hydrogen) atoms. The predicted octanol–water partition coefficient (Wildman–Crippen LogP) is 6.21. The Hall–Kier alpha value is -4.38. The van der Waals surface area contributed by atoms with Gasteiger partial charge in [-0.3, -0.25) is 0 Å². The predicted molar refractivity (Wildman–Crippen MR) is 118 cm³/mol. The van der Waals surface area contributed by atoms with Crippen molar-refractivity contribution in [2.24, 2.45) is 0 Å². The fraction of sp³-hybridized carbons (Fsp3) is 0. The van der Waals surface area contributed by atoms with Gasteiger partial charge in [0.15, 0.2) is 0 Å². The number of benzene rings is 4. The summed E-state index contributed by atoms with van der Waals surface area (Å²) in [4.78, 5) is 23.2. The number of carbonyl (C=O) groups is 2. The van der Waals surface area contributed by atoms with Gasteiger partial charge in [0, 0.05) is 11.1 Å². The Morgan fingerprint density at radius 2 is 1.13 bits per heavy atom. The van der Waals surface area contributed by atoms with Crippen LogP contribution in [0.4, 0.5) is 0 Å². The maximum Gasteiger partial charge on any atom is 0.336 e. The normalized spacial score (nSPS) is 10.5. The first-order valence-electron chi connectivity index (χ1n) is 9.57. The minimum absolute atomic E-state index is 0.154. The zero-order valence-electron chi connectivity index (χ0n) is 16.4. The summed E-state index contributed by atoms with van der Waals surface area (Å²) >= 11 is 0. The summed E-state index contributed by atoms with van der Waals surface area (Å²) in [5.41, 5.74) is 3.08. The lowest BCUT2D eigenvalue weighted by Crippen LogP contribution is -2.03. The Bertz CT molecular complexity index is 1230. The van der Waals surface area contributed by atoms with E-state index in [4.69, 9.17) is 9.84 Å². The van der Waals surface area contributed by atoms with E-state index in [1.165, 1.54) is 18.2 Å². The smallest absolute Gasteiger partial charge is 0.336 e. The number of hydrogen-bond acceptors (Lipinski definition) is 3. The molecule has 0 bridgehead atoms. The van der Waals surface area contributed by atoms with Crippen LogP contribution in [0, 0.1) is 0 Å². The van der Waals surface area contributed by atoms with Crippen LogP contribution in [0.25, 0.3) is 22.3 Å². The molecule has 0 saturated carbocycles. The molecular weight excluding hydrogens is 392 g/mol. The fourth-order valence-corrected chi connectivity index (χ4v) is 3.44. The third-order valence-corrected chi connectivity index (χ3v) is 4.85. The summed E-state index contributed by atoms with van der Waals surface area (Å²) in [5.74, 6) is -1.13. The van der Waals surface area contributed by atoms with Crippen molar-refractivity contribution in [3.05, 3.63) is 108 Å². The number of carboxylic acid groups (broad SMARTS) is 2. The molecule has 0 amide bonds. The lowest BCUT2D eigenvalue weighted by Gasteiger charge is -2.18. The van der Waals surface area contributed by atoms with Gasteiger partial charge < -0.3 is 14.9 Å². The number of carboxylic acids is 2. The molecule has 0 radical (unpaired) electrons. The summed E-state index contributed by atoms with van der Waals surface area (Å²) in [6.07, 6.45) is 0. The highest BCUT2D eigenvalue weighted by molar-refractivity contribution is 6.03. The molecular formula is C26H18O5. The molecule has 0 spiro atoms. The van der Waals surface area contributed by atoms with Gasteiger partial charge in [0.25, 0.3) is 0 Å². The van der Waals surface area contributed by atoms with Gasteiger partial charge >= 0.3 is 11.9 Å². The van der Waals surface area contributed by atoms with Crippen molar-refractivity contribution in [2.75, 3.05) is 0 Å². The van der Waals surface area contributed by atoms with Crippen LogP contribution >= 0.6 is 0 Å². The van der Waals surface area contributed by atoms with Gasteiger partial charge in [0.1, 0.15) is 11.5 Å². The van der Waals surface area contributed by atoms with Crippen LogP contribution < -0.4 is 4.74 Å². The topological polar surface area (TPSA) is 83.8 Å². The van der Waals surface area contributed by atoms with Gasteiger partial charge in [0.05, 0.1) is 11.1 Å². The molecule has 5 nitrogen and oxygen atoms in total. The van der Waals surface area contributed by atoms with Gasteiger partial charge in [-0.05, 0) is 47.5 Å². The zero-order chi connectivity index (χ0) is 21.8. The Morgan fingerprint density at radius 3 is 1.65 bits per heavy atom. The highest BCUT2D eigenvalue weighted by Gasteiger charge is 2.21. The maximum atomic E-state index is 12.1. The van der Waals surface area contributed by atoms with Crippen molar-refractivity contribution in [2.45, 2.75) is 0 Å². The van der Waals surface area contributed by atoms with Crippen molar-refractivity contribution in [1.82, 2.24) is 0 Å². The monoisotopic (exact) mass is 410 g/mol. The van der Waals surface area contributed by atoms with E-state index in [0.717, 1.165) is 11.1 Å². The molecule has 0 fully saturated rings. The molecule has 0 aliphatic carbocycles. The van der Waals surface area contributed by atoms with Crippen LogP contribution in [0.15, 0.2) is 97.1 Å². The molecule has 0 aromatic heterocycles. The molecule has 152 valence electrons. The van der Waals surface area contributed by atoms with Crippen molar-refractivity contribution >= 4 is 11.9 Å². The largest absolute Gasteiger partial charge is 0.478 e. The van der Waals surface area contributed by atoms with Crippen LogP contribution in [0.3, 0.4) is 0 Å². The molecule has 0 heterocycles. The van der Waals surface area contributed by atoms with Crippen LogP contribution in [0.5, 0.6) is 11.5 Å². The van der Waals surface area contributed by atoms with E-state index in [-0.39, 0.29) is 11.1 Å². The number of ether oxygens (including phenoxy) is 1. The van der Waals surface area contributed by atoms with E-state index < -0.39 is 11.9 Å². The van der Waals surface area contributed by atoms with Crippen molar-refractivity contribution < 1.29 is 24.5 Å². The average molecular weight is 410 g/mol. The van der Waals surface area contributed by atoms with E-state index in [0.29, 0.717) is 22.6 Å². The van der Waals surface area contributed by atoms with Crippen molar-refractivity contribution in [3.8, 4) is 33.8 Å². The molecule has 4 aromatic rings. The van der Waals surface area contributed by atoms with Gasteiger partial charge in [-0.2, -0.15) is 0 Å². The summed E-state index contributed by atoms with van der Waals surface area (Å²) in [7, 11) is 0. The molecule has 2 N–H and O–H groups in total. The molecule has 0 unspecified atom stereocenters. The fourth-order valence-electron chi connectivity index (χ4n) is 3.44. The van der Waals surface area contributed by atoms with Crippen LogP contribution in [-0.2, 0) is 0 Å². The quantitative estimate of drug-likeness (QED) is 0.395. The highest BCUT2D eigenvalue weighted by atomic mass is 16.5. The maximum absolute atomic E-state index is 12.1. The van der Waals surface area contributed by atoms with Crippen LogP contribution in [-0.4, -0.2) is 22.2 Å². The van der Waals surface area contributed by atoms with E-state index >= 15 is 0 Å². The molecule has 0 atom stereocenters. The van der Waals surface area contributed by atoms with E-state index in [2.05, 4.69) is 0 Å². The van der Waals surface area contributed by atoms with Crippen LogP contribution in [0.2, 0.25) is 0 Å². The van der Waals surface area contributed by atoms with Gasteiger partial charge in [-0.25, -0.2) is 9.59 Å². The van der Waals surface area contributed by atoms with Crippen molar-refractivity contribution in [3.63, 3.8) is 0 Å².